The normalized spacial score (nSPS) is 19.3. The zero-order chi connectivity index (χ0) is 15.2. The maximum Gasteiger partial charge on any atom is 0.220 e. The van der Waals surface area contributed by atoms with Crippen molar-refractivity contribution in [3.05, 3.63) is 29.3 Å². The predicted molar refractivity (Wildman–Crippen MR) is 84.5 cm³/mol. The summed E-state index contributed by atoms with van der Waals surface area (Å²) < 4.78 is 5.38. The Hall–Kier alpha value is -1.55. The van der Waals surface area contributed by atoms with E-state index in [9.17, 15) is 4.79 Å². The van der Waals surface area contributed by atoms with Gasteiger partial charge in [0.25, 0.3) is 0 Å². The number of rotatable bonds is 6. The summed E-state index contributed by atoms with van der Waals surface area (Å²) >= 11 is 0. The first-order chi connectivity index (χ1) is 10.1. The first-order valence-electron chi connectivity index (χ1n) is 7.74. The molecule has 1 aliphatic rings. The second-order valence-corrected chi connectivity index (χ2v) is 5.93. The Morgan fingerprint density at radius 2 is 2.33 bits per heavy atom. The van der Waals surface area contributed by atoms with Crippen LogP contribution in [0.5, 0.6) is 5.75 Å². The number of amides is 1. The molecule has 1 amide bonds. The van der Waals surface area contributed by atoms with Crippen LogP contribution in [0.3, 0.4) is 0 Å². The summed E-state index contributed by atoms with van der Waals surface area (Å²) in [5, 5.41) is 6.42. The van der Waals surface area contributed by atoms with Crippen molar-refractivity contribution < 1.29 is 9.53 Å². The van der Waals surface area contributed by atoms with Gasteiger partial charge in [0.2, 0.25) is 5.91 Å². The molecule has 4 nitrogen and oxygen atoms in total. The molecule has 1 fully saturated rings. The highest BCUT2D eigenvalue weighted by Crippen LogP contribution is 2.26. The topological polar surface area (TPSA) is 50.4 Å². The van der Waals surface area contributed by atoms with Crippen molar-refractivity contribution >= 4 is 5.91 Å². The predicted octanol–water partition coefficient (Wildman–Crippen LogP) is 2.57. The molecule has 2 rings (SSSR count). The molecule has 0 aromatic heterocycles. The van der Waals surface area contributed by atoms with E-state index in [0.29, 0.717) is 12.3 Å². The highest BCUT2D eigenvalue weighted by atomic mass is 16.5. The molecule has 1 aliphatic heterocycles. The minimum Gasteiger partial charge on any atom is -0.496 e. The Morgan fingerprint density at radius 1 is 1.52 bits per heavy atom. The largest absolute Gasteiger partial charge is 0.496 e. The number of carbonyl (C=O) groups excluding carboxylic acids is 1. The van der Waals surface area contributed by atoms with E-state index in [1.165, 1.54) is 12.0 Å². The van der Waals surface area contributed by atoms with E-state index in [2.05, 4.69) is 16.7 Å². The van der Waals surface area contributed by atoms with Crippen LogP contribution in [0.25, 0.3) is 0 Å². The van der Waals surface area contributed by atoms with E-state index in [4.69, 9.17) is 4.74 Å². The van der Waals surface area contributed by atoms with Crippen molar-refractivity contribution in [2.45, 2.75) is 39.2 Å². The van der Waals surface area contributed by atoms with Crippen LogP contribution in [0.1, 0.15) is 43.4 Å². The number of aryl methyl sites for hydroxylation is 1. The Balaban J connectivity index is 1.89. The van der Waals surface area contributed by atoms with Gasteiger partial charge in [0.1, 0.15) is 5.75 Å². The molecule has 0 aliphatic carbocycles. The van der Waals surface area contributed by atoms with Gasteiger partial charge in [-0.3, -0.25) is 4.79 Å². The van der Waals surface area contributed by atoms with Gasteiger partial charge in [-0.25, -0.2) is 0 Å². The van der Waals surface area contributed by atoms with Crippen molar-refractivity contribution in [3.63, 3.8) is 0 Å². The molecule has 0 saturated carbocycles. The average molecular weight is 290 g/mol. The number of ether oxygens (including phenoxy) is 1. The fourth-order valence-electron chi connectivity index (χ4n) is 2.88. The molecule has 1 saturated heterocycles. The van der Waals surface area contributed by atoms with Crippen LogP contribution in [0.4, 0.5) is 0 Å². The van der Waals surface area contributed by atoms with Gasteiger partial charge in [0, 0.05) is 12.0 Å². The number of carbonyl (C=O) groups is 1. The minimum atomic E-state index is -0.0333. The van der Waals surface area contributed by atoms with Gasteiger partial charge < -0.3 is 15.4 Å². The van der Waals surface area contributed by atoms with Gasteiger partial charge in [-0.2, -0.15) is 0 Å². The molecule has 116 valence electrons. The van der Waals surface area contributed by atoms with Crippen LogP contribution in [0.15, 0.2) is 18.2 Å². The van der Waals surface area contributed by atoms with E-state index in [1.54, 1.807) is 7.11 Å². The smallest absolute Gasteiger partial charge is 0.220 e. The molecule has 2 N–H and O–H groups in total. The average Bonchev–Trinajstić information content (AvgIpc) is 2.98. The molecule has 2 atom stereocenters. The first-order valence-corrected chi connectivity index (χ1v) is 7.74. The Morgan fingerprint density at radius 3 is 3.00 bits per heavy atom. The molecule has 0 spiro atoms. The molecule has 1 heterocycles. The molecule has 21 heavy (non-hydrogen) atoms. The molecule has 1 aromatic carbocycles. The fourth-order valence-corrected chi connectivity index (χ4v) is 2.88. The summed E-state index contributed by atoms with van der Waals surface area (Å²) in [5.74, 6) is 1.60. The Kier molecular flexibility index (Phi) is 5.62. The monoisotopic (exact) mass is 290 g/mol. The lowest BCUT2D eigenvalue weighted by molar-refractivity contribution is -0.122. The second-order valence-electron chi connectivity index (χ2n) is 5.93. The van der Waals surface area contributed by atoms with E-state index in [-0.39, 0.29) is 11.9 Å². The SMILES string of the molecule is COc1ccc(C)cc1C(C)NC(=O)CCC1CCNC1. The highest BCUT2D eigenvalue weighted by Gasteiger charge is 2.18. The van der Waals surface area contributed by atoms with Crippen LogP contribution in [0, 0.1) is 12.8 Å². The third-order valence-corrected chi connectivity index (χ3v) is 4.17. The van der Waals surface area contributed by atoms with Crippen molar-refractivity contribution in [3.8, 4) is 5.75 Å². The summed E-state index contributed by atoms with van der Waals surface area (Å²) in [6, 6.07) is 6.01. The second kappa shape index (κ2) is 7.46. The third kappa shape index (κ3) is 4.46. The summed E-state index contributed by atoms with van der Waals surface area (Å²) in [6.07, 6.45) is 2.76. The molecule has 4 heteroatoms. The quantitative estimate of drug-likeness (QED) is 0.846. The zero-order valence-corrected chi connectivity index (χ0v) is 13.2. The summed E-state index contributed by atoms with van der Waals surface area (Å²) in [5.41, 5.74) is 2.21. The highest BCUT2D eigenvalue weighted by molar-refractivity contribution is 5.76. The van der Waals surface area contributed by atoms with Crippen molar-refractivity contribution in [1.29, 1.82) is 0 Å². The van der Waals surface area contributed by atoms with Crippen molar-refractivity contribution in [2.24, 2.45) is 5.92 Å². The van der Waals surface area contributed by atoms with Gasteiger partial charge in [-0.05, 0) is 51.8 Å². The van der Waals surface area contributed by atoms with Crippen LogP contribution in [-0.4, -0.2) is 26.1 Å². The lowest BCUT2D eigenvalue weighted by Gasteiger charge is -2.18. The zero-order valence-electron chi connectivity index (χ0n) is 13.2. The third-order valence-electron chi connectivity index (χ3n) is 4.17. The number of benzene rings is 1. The number of nitrogens with one attached hydrogen (secondary N) is 2. The Bertz CT molecular complexity index is 482. The molecule has 0 radical (unpaired) electrons. The number of hydrogen-bond donors (Lipinski definition) is 2. The van der Waals surface area contributed by atoms with Crippen LogP contribution in [0.2, 0.25) is 0 Å². The van der Waals surface area contributed by atoms with E-state index >= 15 is 0 Å². The number of hydrogen-bond acceptors (Lipinski definition) is 3. The van der Waals surface area contributed by atoms with Gasteiger partial charge in [-0.1, -0.05) is 17.7 Å². The molecule has 0 bridgehead atoms. The van der Waals surface area contributed by atoms with Gasteiger partial charge in [0.15, 0.2) is 0 Å². The van der Waals surface area contributed by atoms with E-state index < -0.39 is 0 Å². The van der Waals surface area contributed by atoms with Gasteiger partial charge in [-0.15, -0.1) is 0 Å². The van der Waals surface area contributed by atoms with Gasteiger partial charge in [0.05, 0.1) is 13.2 Å². The van der Waals surface area contributed by atoms with Crippen molar-refractivity contribution in [2.75, 3.05) is 20.2 Å². The maximum absolute atomic E-state index is 12.1. The summed E-state index contributed by atoms with van der Waals surface area (Å²) in [4.78, 5) is 12.1. The van der Waals surface area contributed by atoms with Crippen molar-refractivity contribution in [1.82, 2.24) is 10.6 Å². The molecular weight excluding hydrogens is 264 g/mol. The van der Waals surface area contributed by atoms with Crippen LogP contribution >= 0.6 is 0 Å². The summed E-state index contributed by atoms with van der Waals surface area (Å²) in [6.45, 7) is 6.19. The lowest BCUT2D eigenvalue weighted by atomic mass is 10.0. The Labute approximate surface area is 127 Å². The number of methoxy groups -OCH3 is 1. The lowest BCUT2D eigenvalue weighted by Crippen LogP contribution is -2.27. The first kappa shape index (κ1) is 15.8. The van der Waals surface area contributed by atoms with Gasteiger partial charge >= 0.3 is 0 Å². The molecule has 1 aromatic rings. The van der Waals surface area contributed by atoms with Crippen LogP contribution < -0.4 is 15.4 Å². The molecular formula is C17H26N2O2. The van der Waals surface area contributed by atoms with E-state index in [0.717, 1.165) is 30.8 Å². The molecule has 2 unspecified atom stereocenters. The standard InChI is InChI=1S/C17H26N2O2/c1-12-4-6-16(21-3)15(10-12)13(2)19-17(20)7-5-14-8-9-18-11-14/h4,6,10,13-14,18H,5,7-9,11H2,1-3H3,(H,19,20). The minimum absolute atomic E-state index is 0.0333. The maximum atomic E-state index is 12.1. The fraction of sp³-hybridized carbons (Fsp3) is 0.588. The summed E-state index contributed by atoms with van der Waals surface area (Å²) in [7, 11) is 1.66. The van der Waals surface area contributed by atoms with E-state index in [1.807, 2.05) is 26.0 Å². The van der Waals surface area contributed by atoms with Crippen LogP contribution in [-0.2, 0) is 4.79 Å².